The van der Waals surface area contributed by atoms with Gasteiger partial charge in [0.1, 0.15) is 18.0 Å². The zero-order valence-corrected chi connectivity index (χ0v) is 18.2. The quantitative estimate of drug-likeness (QED) is 0.687. The Labute approximate surface area is 178 Å². The van der Waals surface area contributed by atoms with Gasteiger partial charge in [-0.1, -0.05) is 0 Å². The van der Waals surface area contributed by atoms with Crippen LogP contribution in [0.4, 0.5) is 11.4 Å². The Bertz CT molecular complexity index is 835. The maximum Gasteiger partial charge on any atom is 0.282 e. The van der Waals surface area contributed by atoms with Crippen molar-refractivity contribution in [3.05, 3.63) is 48.0 Å². The van der Waals surface area contributed by atoms with Gasteiger partial charge in [-0.15, -0.1) is 0 Å². The third-order valence-corrected chi connectivity index (χ3v) is 5.61. The number of ether oxygens (including phenoxy) is 3. The molecule has 1 saturated heterocycles. The predicted molar refractivity (Wildman–Crippen MR) is 118 cm³/mol. The number of amides is 1. The van der Waals surface area contributed by atoms with Crippen LogP contribution in [0.3, 0.4) is 0 Å². The van der Waals surface area contributed by atoms with Crippen LogP contribution in [-0.2, 0) is 16.1 Å². The van der Waals surface area contributed by atoms with Crippen molar-refractivity contribution < 1.29 is 23.9 Å². The molecule has 0 aromatic heterocycles. The Balaban J connectivity index is 1.58. The smallest absolute Gasteiger partial charge is 0.282 e. The minimum Gasteiger partial charge on any atom is -0.497 e. The molecule has 2 aromatic rings. The van der Waals surface area contributed by atoms with Gasteiger partial charge in [-0.2, -0.15) is 0 Å². The van der Waals surface area contributed by atoms with Gasteiger partial charge in [-0.3, -0.25) is 4.79 Å². The largest absolute Gasteiger partial charge is 0.497 e. The molecule has 2 atom stereocenters. The van der Waals surface area contributed by atoms with Gasteiger partial charge in [-0.05, 0) is 43.3 Å². The van der Waals surface area contributed by atoms with E-state index in [0.29, 0.717) is 6.54 Å². The zero-order chi connectivity index (χ0) is 21.5. The standard InChI is InChI=1S/C23H31N3O4/c1-17(25(2)16-18-5-10-21(28-3)15-22(18)29-4)23(27)24-19-6-8-20(9-7-19)26-11-13-30-14-12-26/h5-10,15,17H,11-14,16H2,1-4H3,(H,24,27)/p+1/t17-/m0/s1. The summed E-state index contributed by atoms with van der Waals surface area (Å²) in [5.41, 5.74) is 2.99. The topological polar surface area (TPSA) is 64.5 Å². The fraction of sp³-hybridized carbons (Fsp3) is 0.435. The maximum absolute atomic E-state index is 12.8. The van der Waals surface area contributed by atoms with Crippen LogP contribution in [-0.4, -0.2) is 59.5 Å². The Morgan fingerprint density at radius 3 is 2.47 bits per heavy atom. The molecule has 2 N–H and O–H groups in total. The third-order valence-electron chi connectivity index (χ3n) is 5.61. The van der Waals surface area contributed by atoms with E-state index in [4.69, 9.17) is 14.2 Å². The van der Waals surface area contributed by atoms with Crippen molar-refractivity contribution >= 4 is 17.3 Å². The first-order valence-electron chi connectivity index (χ1n) is 10.3. The van der Waals surface area contributed by atoms with Gasteiger partial charge >= 0.3 is 0 Å². The van der Waals surface area contributed by atoms with E-state index < -0.39 is 0 Å². The van der Waals surface area contributed by atoms with E-state index in [9.17, 15) is 4.79 Å². The van der Waals surface area contributed by atoms with Crippen LogP contribution in [0.25, 0.3) is 0 Å². The highest BCUT2D eigenvalue weighted by atomic mass is 16.5. The monoisotopic (exact) mass is 414 g/mol. The number of morpholine rings is 1. The Hall–Kier alpha value is -2.77. The molecule has 1 aliphatic heterocycles. The van der Waals surface area contributed by atoms with Crippen LogP contribution in [0, 0.1) is 0 Å². The summed E-state index contributed by atoms with van der Waals surface area (Å²) in [4.78, 5) is 16.1. The fourth-order valence-corrected chi connectivity index (χ4v) is 3.50. The van der Waals surface area contributed by atoms with Crippen LogP contribution < -0.4 is 24.6 Å². The van der Waals surface area contributed by atoms with Crippen molar-refractivity contribution in [2.45, 2.75) is 19.5 Å². The summed E-state index contributed by atoms with van der Waals surface area (Å²) in [6.07, 6.45) is 0. The van der Waals surface area contributed by atoms with Crippen molar-refractivity contribution in [1.82, 2.24) is 0 Å². The first-order valence-corrected chi connectivity index (χ1v) is 10.3. The molecule has 0 bridgehead atoms. The molecule has 2 aromatic carbocycles. The number of quaternary nitrogens is 1. The lowest BCUT2D eigenvalue weighted by atomic mass is 10.1. The van der Waals surface area contributed by atoms with Crippen molar-refractivity contribution in [2.24, 2.45) is 0 Å². The molecule has 162 valence electrons. The number of methoxy groups -OCH3 is 2. The van der Waals surface area contributed by atoms with Gasteiger partial charge in [0.05, 0.1) is 34.5 Å². The number of rotatable bonds is 8. The number of carbonyl (C=O) groups excluding carboxylic acids is 1. The van der Waals surface area contributed by atoms with Gasteiger partial charge in [0.2, 0.25) is 0 Å². The molecular formula is C23H32N3O4+. The Morgan fingerprint density at radius 2 is 1.83 bits per heavy atom. The Morgan fingerprint density at radius 1 is 1.13 bits per heavy atom. The minimum atomic E-state index is -0.226. The van der Waals surface area contributed by atoms with E-state index in [1.165, 1.54) is 0 Å². The normalized spacial score (nSPS) is 15.9. The number of nitrogens with zero attached hydrogens (tertiary/aromatic N) is 1. The second kappa shape index (κ2) is 10.3. The van der Waals surface area contributed by atoms with Crippen LogP contribution in [0.15, 0.2) is 42.5 Å². The van der Waals surface area contributed by atoms with Gasteiger partial charge < -0.3 is 29.3 Å². The summed E-state index contributed by atoms with van der Waals surface area (Å²) in [5.74, 6) is 1.50. The summed E-state index contributed by atoms with van der Waals surface area (Å²) in [6, 6.07) is 13.5. The molecule has 0 spiro atoms. The molecule has 7 heteroatoms. The van der Waals surface area contributed by atoms with Gasteiger partial charge in [0.25, 0.3) is 5.91 Å². The first kappa shape index (κ1) is 21.9. The van der Waals surface area contributed by atoms with Crippen LogP contribution in [0.1, 0.15) is 12.5 Å². The summed E-state index contributed by atoms with van der Waals surface area (Å²) in [6.45, 7) is 5.89. The number of carbonyl (C=O) groups is 1. The molecule has 1 aliphatic rings. The molecule has 3 rings (SSSR count). The summed E-state index contributed by atoms with van der Waals surface area (Å²) in [7, 11) is 5.28. The molecule has 30 heavy (non-hydrogen) atoms. The average Bonchev–Trinajstić information content (AvgIpc) is 2.79. The highest BCUT2D eigenvalue weighted by Crippen LogP contribution is 2.24. The van der Waals surface area contributed by atoms with Crippen molar-refractivity contribution in [1.29, 1.82) is 0 Å². The zero-order valence-electron chi connectivity index (χ0n) is 18.2. The number of hydrogen-bond acceptors (Lipinski definition) is 5. The van der Waals surface area contributed by atoms with Crippen molar-refractivity contribution in [2.75, 3.05) is 57.8 Å². The van der Waals surface area contributed by atoms with Crippen molar-refractivity contribution in [3.8, 4) is 11.5 Å². The molecule has 1 heterocycles. The minimum absolute atomic E-state index is 0.0147. The first-order chi connectivity index (χ1) is 14.5. The molecule has 0 aliphatic carbocycles. The second-order valence-electron chi connectivity index (χ2n) is 7.56. The van der Waals surface area contributed by atoms with Gasteiger partial charge in [0.15, 0.2) is 6.04 Å². The molecule has 7 nitrogen and oxygen atoms in total. The molecule has 1 unspecified atom stereocenters. The van der Waals surface area contributed by atoms with Gasteiger partial charge in [-0.25, -0.2) is 0 Å². The third kappa shape index (κ3) is 5.43. The van der Waals surface area contributed by atoms with E-state index >= 15 is 0 Å². The highest BCUT2D eigenvalue weighted by Gasteiger charge is 2.23. The fourth-order valence-electron chi connectivity index (χ4n) is 3.50. The lowest BCUT2D eigenvalue weighted by Crippen LogP contribution is -3.12. The van der Waals surface area contributed by atoms with Crippen LogP contribution in [0.2, 0.25) is 0 Å². The highest BCUT2D eigenvalue weighted by molar-refractivity contribution is 5.93. The number of hydrogen-bond donors (Lipinski definition) is 2. The number of likely N-dealkylation sites (N-methyl/N-ethyl adjacent to an activating group) is 1. The van der Waals surface area contributed by atoms with Crippen LogP contribution >= 0.6 is 0 Å². The SMILES string of the molecule is COc1ccc(C[NH+](C)[C@@H](C)C(=O)Nc2ccc(N3CCOCC3)cc2)c(OC)c1. The number of anilines is 2. The molecule has 1 amide bonds. The van der Waals surface area contributed by atoms with E-state index in [0.717, 1.165) is 59.6 Å². The maximum atomic E-state index is 12.8. The van der Waals surface area contributed by atoms with Gasteiger partial charge in [0, 0.05) is 36.1 Å². The summed E-state index contributed by atoms with van der Waals surface area (Å²) >= 11 is 0. The Kier molecular flexibility index (Phi) is 7.54. The molecular weight excluding hydrogens is 382 g/mol. The average molecular weight is 415 g/mol. The molecule has 0 radical (unpaired) electrons. The van der Waals surface area contributed by atoms with E-state index in [1.54, 1.807) is 14.2 Å². The summed E-state index contributed by atoms with van der Waals surface area (Å²) in [5, 5.41) is 3.03. The van der Waals surface area contributed by atoms with E-state index in [-0.39, 0.29) is 11.9 Å². The molecule has 0 saturated carbocycles. The predicted octanol–water partition coefficient (Wildman–Crippen LogP) is 1.58. The van der Waals surface area contributed by atoms with E-state index in [1.807, 2.05) is 56.4 Å². The van der Waals surface area contributed by atoms with E-state index in [2.05, 4.69) is 10.2 Å². The molecule has 1 fully saturated rings. The lowest BCUT2D eigenvalue weighted by molar-refractivity contribution is -0.907. The number of nitrogens with one attached hydrogen (secondary N) is 2. The van der Waals surface area contributed by atoms with Crippen molar-refractivity contribution in [3.63, 3.8) is 0 Å². The number of benzene rings is 2. The van der Waals surface area contributed by atoms with Crippen LogP contribution in [0.5, 0.6) is 11.5 Å². The summed E-state index contributed by atoms with van der Waals surface area (Å²) < 4.78 is 16.1. The lowest BCUT2D eigenvalue weighted by Gasteiger charge is -2.29. The second-order valence-corrected chi connectivity index (χ2v) is 7.56.